The van der Waals surface area contributed by atoms with Crippen molar-refractivity contribution in [3.8, 4) is 28.0 Å². The highest BCUT2D eigenvalue weighted by atomic mass is 79.9. The predicted octanol–water partition coefficient (Wildman–Crippen LogP) is 6.19. The monoisotopic (exact) mass is 464 g/mol. The molecule has 0 aromatic heterocycles. The molecule has 4 nitrogen and oxygen atoms in total. The summed E-state index contributed by atoms with van der Waals surface area (Å²) in [6.07, 6.45) is -4.26. The Morgan fingerprint density at radius 3 is 2.00 bits per heavy atom. The van der Waals surface area contributed by atoms with Gasteiger partial charge in [0.15, 0.2) is 6.29 Å². The number of carboxylic acid groups (broad SMARTS) is 1. The number of carbonyl (C=O) groups is 2. The van der Waals surface area contributed by atoms with E-state index in [1.165, 1.54) is 24.3 Å². The van der Waals surface area contributed by atoms with Crippen LogP contribution in [-0.4, -0.2) is 23.7 Å². The molecule has 0 atom stereocenters. The second-order valence-corrected chi connectivity index (χ2v) is 6.90. The molecular weight excluding hydrogens is 453 g/mol. The molecule has 0 amide bonds. The fourth-order valence-corrected chi connectivity index (χ4v) is 3.11. The molecule has 1 N–H and O–H groups in total. The first kappa shape index (κ1) is 20.6. The molecule has 3 aromatic rings. The first-order chi connectivity index (χ1) is 13.7. The summed E-state index contributed by atoms with van der Waals surface area (Å²) in [7, 11) is 0. The Kier molecular flexibility index (Phi) is 5.74. The number of benzene rings is 3. The van der Waals surface area contributed by atoms with Gasteiger partial charge in [-0.2, -0.15) is 0 Å². The minimum atomic E-state index is -4.83. The second-order valence-electron chi connectivity index (χ2n) is 5.99. The van der Waals surface area contributed by atoms with Crippen LogP contribution in [0.5, 0.6) is 5.75 Å². The van der Waals surface area contributed by atoms with E-state index in [1.54, 1.807) is 24.3 Å². The van der Waals surface area contributed by atoms with Crippen molar-refractivity contribution in [3.63, 3.8) is 0 Å². The number of hydrogen-bond acceptors (Lipinski definition) is 3. The molecule has 0 aliphatic rings. The number of carboxylic acids is 1. The predicted molar refractivity (Wildman–Crippen MR) is 104 cm³/mol. The Morgan fingerprint density at radius 1 is 0.931 bits per heavy atom. The van der Waals surface area contributed by atoms with Gasteiger partial charge < -0.3 is 9.84 Å². The van der Waals surface area contributed by atoms with Gasteiger partial charge in [-0.3, -0.25) is 4.79 Å². The molecule has 0 spiro atoms. The molecule has 0 bridgehead atoms. The zero-order valence-electron chi connectivity index (χ0n) is 14.5. The van der Waals surface area contributed by atoms with E-state index in [1.807, 2.05) is 0 Å². The molecule has 29 heavy (non-hydrogen) atoms. The molecule has 0 fully saturated rings. The summed E-state index contributed by atoms with van der Waals surface area (Å²) in [4.78, 5) is 23.3. The highest BCUT2D eigenvalue weighted by Gasteiger charge is 2.31. The van der Waals surface area contributed by atoms with Crippen LogP contribution in [0.4, 0.5) is 13.2 Å². The molecule has 0 aliphatic carbocycles. The number of aromatic carboxylic acids is 1. The summed E-state index contributed by atoms with van der Waals surface area (Å²) in [5.41, 5.74) is 1.86. The van der Waals surface area contributed by atoms with Crippen molar-refractivity contribution in [3.05, 3.63) is 76.3 Å². The molecule has 0 radical (unpaired) electrons. The van der Waals surface area contributed by atoms with Crippen molar-refractivity contribution in [2.75, 3.05) is 0 Å². The Morgan fingerprint density at radius 2 is 1.48 bits per heavy atom. The first-order valence-corrected chi connectivity index (χ1v) is 8.96. The summed E-state index contributed by atoms with van der Waals surface area (Å²) in [5.74, 6) is -1.68. The summed E-state index contributed by atoms with van der Waals surface area (Å²) >= 11 is 3.32. The van der Waals surface area contributed by atoms with E-state index in [2.05, 4.69) is 20.7 Å². The van der Waals surface area contributed by atoms with Gasteiger partial charge in [0.05, 0.1) is 5.56 Å². The Hall–Kier alpha value is -3.13. The summed E-state index contributed by atoms with van der Waals surface area (Å²) in [6.45, 7) is 0. The number of carbonyl (C=O) groups excluding carboxylic acids is 1. The molecule has 148 valence electrons. The zero-order chi connectivity index (χ0) is 21.2. The lowest BCUT2D eigenvalue weighted by atomic mass is 9.91. The highest BCUT2D eigenvalue weighted by Crippen LogP contribution is 2.34. The quantitative estimate of drug-likeness (QED) is 0.457. The molecule has 3 rings (SSSR count). The maximum Gasteiger partial charge on any atom is 0.573 e. The minimum absolute atomic E-state index is 0.141. The molecule has 0 unspecified atom stereocenters. The van der Waals surface area contributed by atoms with Gasteiger partial charge in [0.25, 0.3) is 0 Å². The van der Waals surface area contributed by atoms with Gasteiger partial charge in [-0.15, -0.1) is 13.2 Å². The lowest BCUT2D eigenvalue weighted by Gasteiger charge is -2.14. The second kappa shape index (κ2) is 8.08. The third-order valence-corrected chi connectivity index (χ3v) is 4.63. The fourth-order valence-electron chi connectivity index (χ4n) is 2.85. The van der Waals surface area contributed by atoms with Gasteiger partial charge in [-0.25, -0.2) is 4.79 Å². The van der Waals surface area contributed by atoms with E-state index >= 15 is 0 Å². The van der Waals surface area contributed by atoms with Gasteiger partial charge in [0.1, 0.15) is 5.75 Å². The number of aldehydes is 1. The molecule has 0 heterocycles. The van der Waals surface area contributed by atoms with Gasteiger partial charge in [-0.05, 0) is 58.7 Å². The molecule has 8 heteroatoms. The van der Waals surface area contributed by atoms with E-state index in [0.29, 0.717) is 23.0 Å². The van der Waals surface area contributed by atoms with Crippen LogP contribution in [0.1, 0.15) is 20.7 Å². The lowest BCUT2D eigenvalue weighted by molar-refractivity contribution is -0.274. The van der Waals surface area contributed by atoms with Crippen molar-refractivity contribution in [1.29, 1.82) is 0 Å². The van der Waals surface area contributed by atoms with Crippen LogP contribution < -0.4 is 4.74 Å². The third-order valence-electron chi connectivity index (χ3n) is 4.10. The van der Waals surface area contributed by atoms with Crippen molar-refractivity contribution in [1.82, 2.24) is 0 Å². The number of alkyl halides is 3. The van der Waals surface area contributed by atoms with E-state index < -0.39 is 18.1 Å². The van der Waals surface area contributed by atoms with Crippen molar-refractivity contribution < 1.29 is 32.6 Å². The number of hydrogen-bond donors (Lipinski definition) is 1. The molecule has 3 aromatic carbocycles. The van der Waals surface area contributed by atoms with Crippen LogP contribution >= 0.6 is 15.9 Å². The van der Waals surface area contributed by atoms with Crippen LogP contribution in [0.2, 0.25) is 0 Å². The summed E-state index contributed by atoms with van der Waals surface area (Å²) in [5, 5.41) is 9.56. The topological polar surface area (TPSA) is 63.6 Å². The highest BCUT2D eigenvalue weighted by molar-refractivity contribution is 9.10. The van der Waals surface area contributed by atoms with Crippen LogP contribution in [0.15, 0.2) is 65.1 Å². The van der Waals surface area contributed by atoms with Crippen LogP contribution in [0.25, 0.3) is 22.3 Å². The zero-order valence-corrected chi connectivity index (χ0v) is 16.1. The van der Waals surface area contributed by atoms with Crippen molar-refractivity contribution >= 4 is 28.2 Å². The molecule has 0 saturated carbocycles. The lowest BCUT2D eigenvalue weighted by Crippen LogP contribution is -2.16. The van der Waals surface area contributed by atoms with E-state index in [-0.39, 0.29) is 16.7 Å². The minimum Gasteiger partial charge on any atom is -0.478 e. The molecular formula is C21H12BrF3O4. The normalized spacial score (nSPS) is 11.2. The SMILES string of the molecule is O=Cc1cc(C(=O)O)c(-c2ccc(OC(F)(F)F)cc2)cc1-c1ccc(Br)cc1. The maximum absolute atomic E-state index is 12.4. The average molecular weight is 465 g/mol. The number of ether oxygens (including phenoxy) is 1. The van der Waals surface area contributed by atoms with Gasteiger partial charge in [0, 0.05) is 10.0 Å². The Bertz CT molecular complexity index is 1060. The first-order valence-electron chi connectivity index (χ1n) is 8.16. The van der Waals surface area contributed by atoms with E-state index in [9.17, 15) is 27.9 Å². The average Bonchev–Trinajstić information content (AvgIpc) is 2.67. The Labute approximate surface area is 171 Å². The smallest absolute Gasteiger partial charge is 0.478 e. The Balaban J connectivity index is 2.14. The molecule has 0 saturated heterocycles. The van der Waals surface area contributed by atoms with Crippen LogP contribution in [0, 0.1) is 0 Å². The van der Waals surface area contributed by atoms with Gasteiger partial charge in [-0.1, -0.05) is 40.2 Å². The fraction of sp³-hybridized carbons (Fsp3) is 0.0476. The largest absolute Gasteiger partial charge is 0.573 e. The summed E-state index contributed by atoms with van der Waals surface area (Å²) < 4.78 is 41.7. The standard InChI is InChI=1S/C21H12BrF3O4/c22-15-5-1-12(2-6-15)17-10-18(19(20(27)28)9-14(17)11-26)13-3-7-16(8-4-13)29-21(23,24)25/h1-11H,(H,27,28). The number of rotatable bonds is 5. The third kappa shape index (κ3) is 4.83. The van der Waals surface area contributed by atoms with Crippen LogP contribution in [-0.2, 0) is 0 Å². The molecule has 0 aliphatic heterocycles. The number of halogens is 4. The van der Waals surface area contributed by atoms with Crippen LogP contribution in [0.3, 0.4) is 0 Å². The van der Waals surface area contributed by atoms with E-state index in [4.69, 9.17) is 0 Å². The van der Waals surface area contributed by atoms with Crippen molar-refractivity contribution in [2.45, 2.75) is 6.36 Å². The van der Waals surface area contributed by atoms with Gasteiger partial charge in [0.2, 0.25) is 0 Å². The van der Waals surface area contributed by atoms with Gasteiger partial charge >= 0.3 is 12.3 Å². The van der Waals surface area contributed by atoms with Crippen molar-refractivity contribution in [2.24, 2.45) is 0 Å². The van der Waals surface area contributed by atoms with E-state index in [0.717, 1.165) is 16.6 Å². The summed E-state index contributed by atoms with van der Waals surface area (Å²) in [6, 6.07) is 14.7. The maximum atomic E-state index is 12.4.